The SMILES string of the molecule is CC(=O)NC1(c2noc(CCC(=O)NCCCCN3CCOCC3)n2)CCCCCC1. The Morgan fingerprint density at radius 2 is 1.84 bits per heavy atom. The average molecular weight is 436 g/mol. The van der Waals surface area contributed by atoms with E-state index in [0.717, 1.165) is 84.2 Å². The zero-order valence-corrected chi connectivity index (χ0v) is 18.8. The molecule has 3 rings (SSSR count). The van der Waals surface area contributed by atoms with E-state index in [9.17, 15) is 9.59 Å². The van der Waals surface area contributed by atoms with Crippen molar-refractivity contribution in [2.45, 2.75) is 76.7 Å². The van der Waals surface area contributed by atoms with E-state index < -0.39 is 5.54 Å². The summed E-state index contributed by atoms with van der Waals surface area (Å²) in [5.74, 6) is 0.910. The van der Waals surface area contributed by atoms with E-state index in [0.29, 0.717) is 31.1 Å². The van der Waals surface area contributed by atoms with Gasteiger partial charge in [-0.25, -0.2) is 0 Å². The number of aryl methyl sites for hydroxylation is 1. The minimum Gasteiger partial charge on any atom is -0.379 e. The van der Waals surface area contributed by atoms with E-state index in [2.05, 4.69) is 25.7 Å². The van der Waals surface area contributed by atoms with Gasteiger partial charge in [-0.1, -0.05) is 30.8 Å². The maximum absolute atomic E-state index is 12.2. The molecule has 0 radical (unpaired) electrons. The van der Waals surface area contributed by atoms with Gasteiger partial charge in [0.2, 0.25) is 17.7 Å². The number of carbonyl (C=O) groups is 2. The van der Waals surface area contributed by atoms with Gasteiger partial charge in [0.05, 0.1) is 13.2 Å². The number of rotatable bonds is 10. The fourth-order valence-corrected chi connectivity index (χ4v) is 4.45. The number of nitrogens with zero attached hydrogens (tertiary/aromatic N) is 3. The molecule has 1 saturated heterocycles. The van der Waals surface area contributed by atoms with Crippen molar-refractivity contribution >= 4 is 11.8 Å². The summed E-state index contributed by atoms with van der Waals surface area (Å²) in [5, 5.41) is 10.2. The summed E-state index contributed by atoms with van der Waals surface area (Å²) < 4.78 is 10.8. The lowest BCUT2D eigenvalue weighted by molar-refractivity contribution is -0.122. The van der Waals surface area contributed by atoms with Crippen LogP contribution in [0.25, 0.3) is 0 Å². The molecular weight excluding hydrogens is 398 g/mol. The smallest absolute Gasteiger partial charge is 0.227 e. The van der Waals surface area contributed by atoms with Crippen molar-refractivity contribution in [1.29, 1.82) is 0 Å². The standard InChI is InChI=1S/C22H37N5O4/c1-18(28)25-22(10-4-2-3-5-11-22)21-24-20(31-26-21)9-8-19(29)23-12-6-7-13-27-14-16-30-17-15-27/h2-17H2,1H3,(H,23,29)(H,25,28). The minimum absolute atomic E-state index is 0.00263. The summed E-state index contributed by atoms with van der Waals surface area (Å²) in [5.41, 5.74) is -0.549. The molecule has 9 heteroatoms. The highest BCUT2D eigenvalue weighted by molar-refractivity contribution is 5.76. The van der Waals surface area contributed by atoms with E-state index in [1.807, 2.05) is 0 Å². The molecule has 0 atom stereocenters. The van der Waals surface area contributed by atoms with Crippen LogP contribution in [0.4, 0.5) is 0 Å². The molecule has 0 aromatic carbocycles. The normalized spacial score (nSPS) is 19.5. The number of aromatic nitrogens is 2. The first-order valence-electron chi connectivity index (χ1n) is 11.8. The van der Waals surface area contributed by atoms with Crippen LogP contribution in [0.15, 0.2) is 4.52 Å². The molecule has 0 bridgehead atoms. The molecule has 1 aliphatic carbocycles. The topological polar surface area (TPSA) is 110 Å². The van der Waals surface area contributed by atoms with Gasteiger partial charge in [0.1, 0.15) is 5.54 Å². The third-order valence-corrected chi connectivity index (χ3v) is 6.16. The predicted octanol–water partition coefficient (Wildman–Crippen LogP) is 1.92. The number of hydrogen-bond acceptors (Lipinski definition) is 7. The molecule has 31 heavy (non-hydrogen) atoms. The van der Waals surface area contributed by atoms with Gasteiger partial charge < -0.3 is 19.9 Å². The third kappa shape index (κ3) is 7.57. The number of nitrogens with one attached hydrogen (secondary N) is 2. The quantitative estimate of drug-likeness (QED) is 0.427. The van der Waals surface area contributed by atoms with Crippen molar-refractivity contribution < 1.29 is 18.8 Å². The fourth-order valence-electron chi connectivity index (χ4n) is 4.45. The zero-order valence-electron chi connectivity index (χ0n) is 18.8. The second-order valence-electron chi connectivity index (χ2n) is 8.70. The van der Waals surface area contributed by atoms with Crippen molar-refractivity contribution in [3.05, 3.63) is 11.7 Å². The molecule has 174 valence electrons. The lowest BCUT2D eigenvalue weighted by Gasteiger charge is -2.30. The highest BCUT2D eigenvalue weighted by Crippen LogP contribution is 2.34. The molecule has 1 aromatic rings. The number of morpholine rings is 1. The molecule has 0 spiro atoms. The van der Waals surface area contributed by atoms with Gasteiger partial charge in [0, 0.05) is 39.4 Å². The molecule has 2 fully saturated rings. The minimum atomic E-state index is -0.549. The van der Waals surface area contributed by atoms with Crippen LogP contribution in [0.5, 0.6) is 0 Å². The summed E-state index contributed by atoms with van der Waals surface area (Å²) >= 11 is 0. The Kier molecular flexibility index (Phi) is 9.27. The summed E-state index contributed by atoms with van der Waals surface area (Å²) in [7, 11) is 0. The molecular formula is C22H37N5O4. The van der Waals surface area contributed by atoms with Gasteiger partial charge in [-0.3, -0.25) is 14.5 Å². The number of carbonyl (C=O) groups excluding carboxylic acids is 2. The fraction of sp³-hybridized carbons (Fsp3) is 0.818. The van der Waals surface area contributed by atoms with Crippen molar-refractivity contribution in [3.8, 4) is 0 Å². The molecule has 1 saturated carbocycles. The van der Waals surface area contributed by atoms with E-state index in [4.69, 9.17) is 9.26 Å². The van der Waals surface area contributed by atoms with Gasteiger partial charge in [-0.2, -0.15) is 4.98 Å². The Hall–Kier alpha value is -2.00. The van der Waals surface area contributed by atoms with Crippen molar-refractivity contribution in [2.75, 3.05) is 39.4 Å². The Bertz CT molecular complexity index is 694. The second-order valence-corrected chi connectivity index (χ2v) is 8.70. The van der Waals surface area contributed by atoms with Crippen LogP contribution in [0.1, 0.15) is 76.4 Å². The largest absolute Gasteiger partial charge is 0.379 e. The predicted molar refractivity (Wildman–Crippen MR) is 115 cm³/mol. The van der Waals surface area contributed by atoms with E-state index in [-0.39, 0.29) is 11.8 Å². The molecule has 9 nitrogen and oxygen atoms in total. The van der Waals surface area contributed by atoms with E-state index in [1.165, 1.54) is 6.92 Å². The molecule has 2 amide bonds. The number of hydrogen-bond donors (Lipinski definition) is 2. The third-order valence-electron chi connectivity index (χ3n) is 6.16. The van der Waals surface area contributed by atoms with Crippen LogP contribution in [0, 0.1) is 0 Å². The first-order valence-corrected chi connectivity index (χ1v) is 11.8. The van der Waals surface area contributed by atoms with E-state index >= 15 is 0 Å². The molecule has 2 heterocycles. The first-order chi connectivity index (χ1) is 15.1. The van der Waals surface area contributed by atoms with E-state index in [1.54, 1.807) is 0 Å². The summed E-state index contributed by atoms with van der Waals surface area (Å²) in [4.78, 5) is 30.9. The number of unbranched alkanes of at least 4 members (excludes halogenated alkanes) is 1. The molecule has 2 N–H and O–H groups in total. The van der Waals surface area contributed by atoms with Crippen LogP contribution in [-0.4, -0.2) is 66.2 Å². The summed E-state index contributed by atoms with van der Waals surface area (Å²) in [6, 6.07) is 0. The molecule has 1 aromatic heterocycles. The van der Waals surface area contributed by atoms with Crippen LogP contribution >= 0.6 is 0 Å². The van der Waals surface area contributed by atoms with Crippen LogP contribution in [0.3, 0.4) is 0 Å². The molecule has 0 unspecified atom stereocenters. The van der Waals surface area contributed by atoms with Crippen LogP contribution < -0.4 is 10.6 Å². The van der Waals surface area contributed by atoms with Gasteiger partial charge in [-0.15, -0.1) is 0 Å². The Labute approximate surface area is 184 Å². The molecule has 2 aliphatic rings. The number of amides is 2. The summed E-state index contributed by atoms with van der Waals surface area (Å²) in [6.07, 6.45) is 8.74. The Morgan fingerprint density at radius 1 is 1.10 bits per heavy atom. The summed E-state index contributed by atoms with van der Waals surface area (Å²) in [6.45, 7) is 6.91. The van der Waals surface area contributed by atoms with Crippen molar-refractivity contribution in [1.82, 2.24) is 25.7 Å². The van der Waals surface area contributed by atoms with Crippen LogP contribution in [0.2, 0.25) is 0 Å². The Balaban J connectivity index is 1.39. The second kappa shape index (κ2) is 12.1. The van der Waals surface area contributed by atoms with Crippen LogP contribution in [-0.2, 0) is 26.3 Å². The first kappa shape index (κ1) is 23.7. The monoisotopic (exact) mass is 435 g/mol. The maximum atomic E-state index is 12.2. The Morgan fingerprint density at radius 3 is 2.55 bits per heavy atom. The lowest BCUT2D eigenvalue weighted by atomic mass is 9.89. The van der Waals surface area contributed by atoms with Crippen molar-refractivity contribution in [2.24, 2.45) is 0 Å². The highest BCUT2D eigenvalue weighted by Gasteiger charge is 2.38. The number of ether oxygens (including phenoxy) is 1. The van der Waals surface area contributed by atoms with Gasteiger partial charge in [0.25, 0.3) is 0 Å². The average Bonchev–Trinajstić information content (AvgIpc) is 3.12. The lowest BCUT2D eigenvalue weighted by Crippen LogP contribution is -2.45. The van der Waals surface area contributed by atoms with Gasteiger partial charge in [0.15, 0.2) is 5.82 Å². The zero-order chi connectivity index (χ0) is 21.9. The highest BCUT2D eigenvalue weighted by atomic mass is 16.5. The van der Waals surface area contributed by atoms with Gasteiger partial charge >= 0.3 is 0 Å². The van der Waals surface area contributed by atoms with Gasteiger partial charge in [-0.05, 0) is 32.2 Å². The molecule has 1 aliphatic heterocycles. The van der Waals surface area contributed by atoms with Crippen molar-refractivity contribution in [3.63, 3.8) is 0 Å². The maximum Gasteiger partial charge on any atom is 0.227 e.